The third kappa shape index (κ3) is 5.75. The summed E-state index contributed by atoms with van der Waals surface area (Å²) < 4.78 is 4.77. The Morgan fingerprint density at radius 2 is 2.25 bits per heavy atom. The number of methoxy groups -OCH3 is 1. The summed E-state index contributed by atoms with van der Waals surface area (Å²) in [5.41, 5.74) is 0.519. The number of hydrogen-bond acceptors (Lipinski definition) is 6. The first-order chi connectivity index (χ1) is 9.42. The van der Waals surface area contributed by atoms with E-state index >= 15 is 0 Å². The first-order valence-electron chi connectivity index (χ1n) is 6.47. The number of thioether (sulfide) groups is 1. The molecule has 0 amide bonds. The van der Waals surface area contributed by atoms with Crippen LogP contribution in [0, 0.1) is 6.92 Å². The van der Waals surface area contributed by atoms with Crippen molar-refractivity contribution in [2.75, 3.05) is 12.9 Å². The topological polar surface area (TPSA) is 84.1 Å². The van der Waals surface area contributed by atoms with Crippen LogP contribution in [0.5, 0.6) is 0 Å². The van der Waals surface area contributed by atoms with Crippen LogP contribution in [0.3, 0.4) is 0 Å². The van der Waals surface area contributed by atoms with Crippen molar-refractivity contribution < 1.29 is 9.53 Å². The maximum absolute atomic E-state index is 11.6. The van der Waals surface area contributed by atoms with Crippen LogP contribution in [0.1, 0.15) is 26.0 Å². The molecule has 1 aromatic heterocycles. The van der Waals surface area contributed by atoms with Crippen LogP contribution in [-0.4, -0.2) is 40.9 Å². The molecule has 2 N–H and O–H groups in total. The molecule has 1 heterocycles. The van der Waals surface area contributed by atoms with Gasteiger partial charge in [0.25, 0.3) is 5.56 Å². The molecule has 20 heavy (non-hydrogen) atoms. The Balaban J connectivity index is 2.55. The van der Waals surface area contributed by atoms with Gasteiger partial charge in [0.05, 0.1) is 7.11 Å². The van der Waals surface area contributed by atoms with Gasteiger partial charge in [-0.05, 0) is 13.3 Å². The summed E-state index contributed by atoms with van der Waals surface area (Å²) in [7, 11) is 1.38. The van der Waals surface area contributed by atoms with Crippen molar-refractivity contribution in [2.24, 2.45) is 0 Å². The van der Waals surface area contributed by atoms with E-state index in [1.807, 2.05) is 13.8 Å². The summed E-state index contributed by atoms with van der Waals surface area (Å²) in [6, 6.07) is 1.30. The van der Waals surface area contributed by atoms with Gasteiger partial charge in [-0.2, -0.15) is 0 Å². The van der Waals surface area contributed by atoms with Gasteiger partial charge in [0.2, 0.25) is 0 Å². The largest absolute Gasteiger partial charge is 0.468 e. The lowest BCUT2D eigenvalue weighted by Crippen LogP contribution is -2.41. The van der Waals surface area contributed by atoms with Gasteiger partial charge in [-0.1, -0.05) is 25.6 Å². The van der Waals surface area contributed by atoms with E-state index in [-0.39, 0.29) is 23.6 Å². The van der Waals surface area contributed by atoms with Crippen LogP contribution in [0.15, 0.2) is 16.0 Å². The van der Waals surface area contributed by atoms with Crippen molar-refractivity contribution in [3.05, 3.63) is 22.1 Å². The van der Waals surface area contributed by atoms with Gasteiger partial charge in [0.15, 0.2) is 5.16 Å². The van der Waals surface area contributed by atoms with E-state index in [0.717, 1.165) is 0 Å². The van der Waals surface area contributed by atoms with Gasteiger partial charge in [-0.25, -0.2) is 4.98 Å². The monoisotopic (exact) mass is 299 g/mol. The predicted octanol–water partition coefficient (Wildman–Crippen LogP) is 1.10. The Labute approximate surface area is 122 Å². The Hall–Kier alpha value is -1.34. The number of nitrogens with one attached hydrogen (secondary N) is 2. The van der Waals surface area contributed by atoms with E-state index in [1.165, 1.54) is 24.9 Å². The number of ether oxygens (including phenoxy) is 1. The molecule has 0 radical (unpaired) electrons. The van der Waals surface area contributed by atoms with Crippen LogP contribution in [0.4, 0.5) is 0 Å². The zero-order valence-electron chi connectivity index (χ0n) is 12.2. The number of aryl methyl sites for hydroxylation is 1. The minimum absolute atomic E-state index is 0.162. The summed E-state index contributed by atoms with van der Waals surface area (Å²) in [6.07, 6.45) is 0.604. The molecule has 7 heteroatoms. The molecule has 0 saturated heterocycles. The fourth-order valence-electron chi connectivity index (χ4n) is 1.71. The quantitative estimate of drug-likeness (QED) is 0.445. The highest BCUT2D eigenvalue weighted by Gasteiger charge is 2.19. The molecule has 0 bridgehead atoms. The second-order valence-corrected chi connectivity index (χ2v) is 5.81. The molecular formula is C13H21N3O3S. The lowest BCUT2D eigenvalue weighted by molar-refractivity contribution is -0.143. The van der Waals surface area contributed by atoms with Crippen molar-refractivity contribution >= 4 is 17.7 Å². The number of esters is 1. The van der Waals surface area contributed by atoms with Gasteiger partial charge in [-0.3, -0.25) is 9.59 Å². The molecule has 0 fully saturated rings. The Morgan fingerprint density at radius 3 is 2.80 bits per heavy atom. The highest BCUT2D eigenvalue weighted by atomic mass is 32.2. The number of nitrogens with zero attached hydrogens (tertiary/aromatic N) is 1. The molecule has 0 aliphatic carbocycles. The van der Waals surface area contributed by atoms with Crippen LogP contribution < -0.4 is 10.9 Å². The smallest absolute Gasteiger partial charge is 0.322 e. The van der Waals surface area contributed by atoms with Gasteiger partial charge in [0, 0.05) is 23.6 Å². The van der Waals surface area contributed by atoms with E-state index in [4.69, 9.17) is 4.74 Å². The molecular weight excluding hydrogens is 278 g/mol. The van der Waals surface area contributed by atoms with E-state index in [2.05, 4.69) is 15.3 Å². The molecule has 1 rings (SSSR count). The summed E-state index contributed by atoms with van der Waals surface area (Å²) in [5.74, 6) is 0.385. The van der Waals surface area contributed by atoms with Crippen LogP contribution in [0.25, 0.3) is 0 Å². The zero-order chi connectivity index (χ0) is 15.1. The van der Waals surface area contributed by atoms with E-state index in [1.54, 1.807) is 6.92 Å². The summed E-state index contributed by atoms with van der Waals surface area (Å²) >= 11 is 1.42. The molecule has 0 aromatic carbocycles. The van der Waals surface area contributed by atoms with Crippen LogP contribution in [-0.2, 0) is 9.53 Å². The van der Waals surface area contributed by atoms with Crippen molar-refractivity contribution in [2.45, 2.75) is 44.4 Å². The average molecular weight is 299 g/mol. The van der Waals surface area contributed by atoms with Crippen LogP contribution in [0.2, 0.25) is 0 Å². The molecule has 6 nitrogen and oxygen atoms in total. The molecule has 1 aromatic rings. The fraction of sp³-hybridized carbons (Fsp3) is 0.615. The maximum atomic E-state index is 11.6. The van der Waals surface area contributed by atoms with E-state index < -0.39 is 0 Å². The maximum Gasteiger partial charge on any atom is 0.322 e. The average Bonchev–Trinajstić information content (AvgIpc) is 2.35. The number of H-pyrrole nitrogens is 1. The second kappa shape index (κ2) is 8.06. The summed E-state index contributed by atoms with van der Waals surface area (Å²) in [4.78, 5) is 29.8. The van der Waals surface area contributed by atoms with Crippen molar-refractivity contribution in [1.82, 2.24) is 15.3 Å². The molecule has 112 valence electrons. The lowest BCUT2D eigenvalue weighted by Gasteiger charge is -2.18. The lowest BCUT2D eigenvalue weighted by atomic mass is 10.2. The second-order valence-electron chi connectivity index (χ2n) is 4.73. The molecule has 0 spiro atoms. The Kier molecular flexibility index (Phi) is 6.74. The molecule has 1 atom stereocenters. The third-order valence-corrected chi connectivity index (χ3v) is 3.42. The normalized spacial score (nSPS) is 12.4. The minimum Gasteiger partial charge on any atom is -0.468 e. The highest BCUT2D eigenvalue weighted by Crippen LogP contribution is 2.14. The third-order valence-electron chi connectivity index (χ3n) is 2.51. The van der Waals surface area contributed by atoms with E-state index in [9.17, 15) is 9.59 Å². The fourth-order valence-corrected chi connectivity index (χ4v) is 2.64. The van der Waals surface area contributed by atoms with Crippen molar-refractivity contribution in [3.63, 3.8) is 0 Å². The van der Waals surface area contributed by atoms with Gasteiger partial charge < -0.3 is 15.0 Å². The molecule has 0 aliphatic rings. The Morgan fingerprint density at radius 1 is 1.55 bits per heavy atom. The first kappa shape index (κ1) is 16.7. The standard InChI is InChI=1S/C13H21N3O3S/c1-8(2)14-10(12(18)19-4)5-6-20-13-15-9(3)7-11(17)16-13/h7-8,10,14H,5-6H2,1-4H3,(H,15,16,17). The van der Waals surface area contributed by atoms with Crippen molar-refractivity contribution in [3.8, 4) is 0 Å². The van der Waals surface area contributed by atoms with Crippen molar-refractivity contribution in [1.29, 1.82) is 0 Å². The predicted molar refractivity (Wildman–Crippen MR) is 79.0 cm³/mol. The number of aromatic nitrogens is 2. The number of rotatable bonds is 7. The van der Waals surface area contributed by atoms with Gasteiger partial charge >= 0.3 is 5.97 Å². The van der Waals surface area contributed by atoms with Gasteiger partial charge in [0.1, 0.15) is 6.04 Å². The molecule has 0 saturated carbocycles. The zero-order valence-corrected chi connectivity index (χ0v) is 13.0. The molecule has 1 unspecified atom stereocenters. The number of hydrogen-bond donors (Lipinski definition) is 2. The number of carbonyl (C=O) groups is 1. The SMILES string of the molecule is COC(=O)C(CCSc1nc(C)cc(=O)[nH]1)NC(C)C. The molecule has 0 aliphatic heterocycles. The number of aromatic amines is 1. The highest BCUT2D eigenvalue weighted by molar-refractivity contribution is 7.99. The number of carbonyl (C=O) groups excluding carboxylic acids is 1. The minimum atomic E-state index is -0.343. The Bertz CT molecular complexity index is 502. The summed E-state index contributed by atoms with van der Waals surface area (Å²) in [5, 5.41) is 3.73. The van der Waals surface area contributed by atoms with Gasteiger partial charge in [-0.15, -0.1) is 0 Å². The first-order valence-corrected chi connectivity index (χ1v) is 7.45. The summed E-state index contributed by atoms with van der Waals surface area (Å²) in [6.45, 7) is 5.72. The van der Waals surface area contributed by atoms with E-state index in [0.29, 0.717) is 23.0 Å². The van der Waals surface area contributed by atoms with Crippen LogP contribution >= 0.6 is 11.8 Å².